The Morgan fingerprint density at radius 3 is 2.88 bits per heavy atom. The number of methoxy groups -OCH3 is 1. The van der Waals surface area contributed by atoms with Crippen LogP contribution in [0.5, 0.6) is 0 Å². The van der Waals surface area contributed by atoms with Gasteiger partial charge in [-0.3, -0.25) is 9.59 Å². The number of carbonyl (C=O) groups is 2. The Balaban J connectivity index is 2.68. The topological polar surface area (TPSA) is 58.6 Å². The summed E-state index contributed by atoms with van der Waals surface area (Å²) in [6, 6.07) is -0.259. The number of amides is 1. The molecule has 5 heteroatoms. The fourth-order valence-electron chi connectivity index (χ4n) is 1.85. The van der Waals surface area contributed by atoms with E-state index >= 15 is 0 Å². The first-order valence-corrected chi connectivity index (χ1v) is 5.67. The minimum Gasteiger partial charge on any atom is -0.469 e. The largest absolute Gasteiger partial charge is 0.469 e. The second-order valence-corrected chi connectivity index (χ2v) is 4.27. The molecular formula is C11H20N2O3. The minimum absolute atomic E-state index is 0.00194. The van der Waals surface area contributed by atoms with E-state index in [9.17, 15) is 9.59 Å². The van der Waals surface area contributed by atoms with E-state index in [-0.39, 0.29) is 24.3 Å². The fourth-order valence-corrected chi connectivity index (χ4v) is 1.85. The van der Waals surface area contributed by atoms with Crippen LogP contribution in [0.1, 0.15) is 26.7 Å². The van der Waals surface area contributed by atoms with Gasteiger partial charge in [0.15, 0.2) is 0 Å². The minimum atomic E-state index is -0.433. The number of nitrogens with one attached hydrogen (secondary N) is 1. The maximum absolute atomic E-state index is 12.1. The number of ether oxygens (including phenoxy) is 1. The zero-order chi connectivity index (χ0) is 12.1. The summed E-state index contributed by atoms with van der Waals surface area (Å²) in [5.41, 5.74) is 0. The van der Waals surface area contributed by atoms with Gasteiger partial charge in [-0.1, -0.05) is 0 Å². The molecule has 16 heavy (non-hydrogen) atoms. The highest BCUT2D eigenvalue weighted by molar-refractivity contribution is 5.87. The van der Waals surface area contributed by atoms with Crippen molar-refractivity contribution >= 4 is 11.9 Å². The smallest absolute Gasteiger partial charge is 0.307 e. The van der Waals surface area contributed by atoms with E-state index in [1.807, 2.05) is 18.7 Å². The van der Waals surface area contributed by atoms with Gasteiger partial charge in [0.25, 0.3) is 0 Å². The summed E-state index contributed by atoms with van der Waals surface area (Å²) < 4.78 is 4.59. The third-order valence-electron chi connectivity index (χ3n) is 2.77. The number of hydrogen-bond acceptors (Lipinski definition) is 4. The lowest BCUT2D eigenvalue weighted by molar-refractivity contribution is -0.145. The van der Waals surface area contributed by atoms with Crippen molar-refractivity contribution in [3.05, 3.63) is 0 Å². The van der Waals surface area contributed by atoms with Gasteiger partial charge in [0, 0.05) is 12.6 Å². The van der Waals surface area contributed by atoms with Crippen LogP contribution in [0.2, 0.25) is 0 Å². The Hall–Kier alpha value is -1.10. The van der Waals surface area contributed by atoms with Crippen LogP contribution in [0.4, 0.5) is 0 Å². The molecule has 1 fully saturated rings. The van der Waals surface area contributed by atoms with Crippen molar-refractivity contribution < 1.29 is 14.3 Å². The molecule has 0 spiro atoms. The van der Waals surface area contributed by atoms with Gasteiger partial charge in [0.2, 0.25) is 5.91 Å². The highest BCUT2D eigenvalue weighted by Crippen LogP contribution is 2.09. The fraction of sp³-hybridized carbons (Fsp3) is 0.818. The van der Waals surface area contributed by atoms with Gasteiger partial charge in [-0.25, -0.2) is 0 Å². The predicted molar refractivity (Wildman–Crippen MR) is 59.9 cm³/mol. The predicted octanol–water partition coefficient (Wildman–Crippen LogP) is 0.148. The molecule has 0 saturated carbocycles. The van der Waals surface area contributed by atoms with Gasteiger partial charge in [-0.15, -0.1) is 0 Å². The van der Waals surface area contributed by atoms with Gasteiger partial charge in [-0.2, -0.15) is 0 Å². The Bertz CT molecular complexity index is 266. The van der Waals surface area contributed by atoms with Crippen LogP contribution < -0.4 is 5.32 Å². The molecule has 1 amide bonds. The molecular weight excluding hydrogens is 208 g/mol. The van der Waals surface area contributed by atoms with Crippen LogP contribution in [0, 0.1) is 0 Å². The van der Waals surface area contributed by atoms with Crippen LogP contribution in [0.25, 0.3) is 0 Å². The molecule has 1 heterocycles. The number of carbonyl (C=O) groups excluding carboxylic acids is 2. The van der Waals surface area contributed by atoms with Crippen molar-refractivity contribution in [1.82, 2.24) is 10.2 Å². The highest BCUT2D eigenvalue weighted by Gasteiger charge is 2.29. The summed E-state index contributed by atoms with van der Waals surface area (Å²) in [7, 11) is 1.34. The van der Waals surface area contributed by atoms with Crippen molar-refractivity contribution in [1.29, 1.82) is 0 Å². The SMILES string of the molecule is COC(=O)CC1NCCCN(C(C)C)C1=O. The number of nitrogens with zero attached hydrogens (tertiary/aromatic N) is 1. The average molecular weight is 228 g/mol. The summed E-state index contributed by atoms with van der Waals surface area (Å²) >= 11 is 0. The second kappa shape index (κ2) is 5.84. The van der Waals surface area contributed by atoms with Crippen LogP contribution in [0.15, 0.2) is 0 Å². The molecule has 0 bridgehead atoms. The molecule has 0 radical (unpaired) electrons. The van der Waals surface area contributed by atoms with Gasteiger partial charge in [-0.05, 0) is 26.8 Å². The van der Waals surface area contributed by atoms with Crippen LogP contribution in [-0.2, 0) is 14.3 Å². The van der Waals surface area contributed by atoms with Gasteiger partial charge < -0.3 is 15.0 Å². The summed E-state index contributed by atoms with van der Waals surface area (Å²) in [6.07, 6.45) is 1.03. The maximum Gasteiger partial charge on any atom is 0.307 e. The Morgan fingerprint density at radius 2 is 2.31 bits per heavy atom. The molecule has 1 aliphatic heterocycles. The van der Waals surface area contributed by atoms with Crippen molar-refractivity contribution in [2.45, 2.75) is 38.8 Å². The molecule has 1 aliphatic rings. The maximum atomic E-state index is 12.1. The third-order valence-corrected chi connectivity index (χ3v) is 2.77. The summed E-state index contributed by atoms with van der Waals surface area (Å²) in [5.74, 6) is -0.352. The van der Waals surface area contributed by atoms with Gasteiger partial charge in [0.05, 0.1) is 19.6 Å². The standard InChI is InChI=1S/C11H20N2O3/c1-8(2)13-6-4-5-12-9(11(13)15)7-10(14)16-3/h8-9,12H,4-7H2,1-3H3. The highest BCUT2D eigenvalue weighted by atomic mass is 16.5. The van der Waals surface area contributed by atoms with E-state index in [4.69, 9.17) is 0 Å². The lowest BCUT2D eigenvalue weighted by atomic mass is 10.1. The molecule has 0 aliphatic carbocycles. The third kappa shape index (κ3) is 3.20. The molecule has 1 N–H and O–H groups in total. The van der Waals surface area contributed by atoms with E-state index in [0.29, 0.717) is 0 Å². The van der Waals surface area contributed by atoms with Crippen LogP contribution in [0.3, 0.4) is 0 Å². The molecule has 0 aromatic rings. The Kier molecular flexibility index (Phi) is 4.73. The quantitative estimate of drug-likeness (QED) is 0.698. The normalized spacial score (nSPS) is 22.1. The lowest BCUT2D eigenvalue weighted by Gasteiger charge is -2.27. The van der Waals surface area contributed by atoms with E-state index in [1.54, 1.807) is 0 Å². The summed E-state index contributed by atoms with van der Waals surface area (Å²) in [6.45, 7) is 5.48. The van der Waals surface area contributed by atoms with Crippen LogP contribution >= 0.6 is 0 Å². The molecule has 1 unspecified atom stereocenters. The van der Waals surface area contributed by atoms with Crippen molar-refractivity contribution in [2.24, 2.45) is 0 Å². The molecule has 5 nitrogen and oxygen atoms in total. The molecule has 1 saturated heterocycles. The molecule has 0 aromatic carbocycles. The van der Waals surface area contributed by atoms with E-state index in [1.165, 1.54) is 7.11 Å². The van der Waals surface area contributed by atoms with Gasteiger partial charge >= 0.3 is 5.97 Å². The molecule has 1 atom stereocenters. The first-order valence-electron chi connectivity index (χ1n) is 5.67. The number of hydrogen-bond donors (Lipinski definition) is 1. The molecule has 92 valence electrons. The number of rotatable bonds is 3. The van der Waals surface area contributed by atoms with Gasteiger partial charge in [0.1, 0.15) is 0 Å². The first-order chi connectivity index (χ1) is 7.56. The molecule has 1 rings (SSSR count). The Labute approximate surface area is 96.1 Å². The monoisotopic (exact) mass is 228 g/mol. The molecule has 0 aromatic heterocycles. The lowest BCUT2D eigenvalue weighted by Crippen LogP contribution is -2.47. The Morgan fingerprint density at radius 1 is 1.62 bits per heavy atom. The zero-order valence-electron chi connectivity index (χ0n) is 10.2. The van der Waals surface area contributed by atoms with E-state index < -0.39 is 6.04 Å². The number of esters is 1. The first kappa shape index (κ1) is 13.0. The second-order valence-electron chi connectivity index (χ2n) is 4.27. The van der Waals surface area contributed by atoms with Crippen molar-refractivity contribution in [3.63, 3.8) is 0 Å². The van der Waals surface area contributed by atoms with E-state index in [0.717, 1.165) is 19.5 Å². The average Bonchev–Trinajstić information content (AvgIpc) is 2.42. The summed E-state index contributed by atoms with van der Waals surface area (Å²) in [4.78, 5) is 25.1. The summed E-state index contributed by atoms with van der Waals surface area (Å²) in [5, 5.41) is 3.09. The van der Waals surface area contributed by atoms with Crippen molar-refractivity contribution in [3.8, 4) is 0 Å². The van der Waals surface area contributed by atoms with E-state index in [2.05, 4.69) is 10.1 Å². The van der Waals surface area contributed by atoms with Crippen molar-refractivity contribution in [2.75, 3.05) is 20.2 Å². The zero-order valence-corrected chi connectivity index (χ0v) is 10.2. The van der Waals surface area contributed by atoms with Crippen LogP contribution in [-0.4, -0.2) is 49.1 Å².